The maximum atomic E-state index is 12.2. The lowest BCUT2D eigenvalue weighted by molar-refractivity contribution is 0.213. The van der Waals surface area contributed by atoms with Gasteiger partial charge in [0, 0.05) is 18.6 Å². The number of aliphatic hydroxyl groups excluding tert-OH is 1. The molecule has 1 aliphatic rings. The number of H-pyrrole nitrogens is 2. The lowest BCUT2D eigenvalue weighted by atomic mass is 10.1. The van der Waals surface area contributed by atoms with E-state index in [-0.39, 0.29) is 29.2 Å². The monoisotopic (exact) mass is 297 g/mol. The number of hydrogen-bond donors (Lipinski definition) is 4. The van der Waals surface area contributed by atoms with Gasteiger partial charge in [-0.15, -0.1) is 0 Å². The lowest BCUT2D eigenvalue weighted by Crippen LogP contribution is -2.31. The fourth-order valence-corrected chi connectivity index (χ4v) is 3.26. The van der Waals surface area contributed by atoms with Crippen molar-refractivity contribution in [3.63, 3.8) is 0 Å². The zero-order valence-electron chi connectivity index (χ0n) is 10.6. The van der Waals surface area contributed by atoms with Crippen molar-refractivity contribution in [3.05, 3.63) is 28.7 Å². The van der Waals surface area contributed by atoms with Crippen LogP contribution in [0.1, 0.15) is 12.8 Å². The molecule has 7 nitrogen and oxygen atoms in total. The Hall–Kier alpha value is -1.64. The van der Waals surface area contributed by atoms with Gasteiger partial charge < -0.3 is 15.1 Å². The van der Waals surface area contributed by atoms with Gasteiger partial charge in [0.1, 0.15) is 0 Å². The normalized spacial score (nSPS) is 17.4. The van der Waals surface area contributed by atoms with Crippen molar-refractivity contribution in [1.29, 1.82) is 0 Å². The van der Waals surface area contributed by atoms with E-state index < -0.39 is 10.0 Å². The van der Waals surface area contributed by atoms with E-state index in [4.69, 9.17) is 0 Å². The molecule has 3 rings (SSSR count). The van der Waals surface area contributed by atoms with Crippen LogP contribution in [0.15, 0.2) is 27.9 Å². The number of aromatic nitrogens is 2. The summed E-state index contributed by atoms with van der Waals surface area (Å²) in [7, 11) is -3.64. The quantitative estimate of drug-likeness (QED) is 0.617. The highest BCUT2D eigenvalue weighted by atomic mass is 32.2. The van der Waals surface area contributed by atoms with Gasteiger partial charge in [-0.2, -0.15) is 0 Å². The van der Waals surface area contributed by atoms with Crippen LogP contribution < -0.4 is 10.4 Å². The van der Waals surface area contributed by atoms with Crippen LogP contribution in [0.5, 0.6) is 0 Å². The Bertz CT molecular complexity index is 801. The van der Waals surface area contributed by atoms with Gasteiger partial charge in [-0.1, -0.05) is 0 Å². The maximum Gasteiger partial charge on any atom is 0.323 e. The van der Waals surface area contributed by atoms with Crippen LogP contribution in [0.3, 0.4) is 0 Å². The van der Waals surface area contributed by atoms with Crippen LogP contribution in [0.4, 0.5) is 0 Å². The standard InChI is InChI=1S/C12H15N3O4S/c16-7-12(3-4-12)6-13-20(18,19)8-1-2-9-10(5-8)15-11(17)14-9/h1-2,5,13,16H,3-4,6-7H2,(H2,14,15,17). The summed E-state index contributed by atoms with van der Waals surface area (Å²) < 4.78 is 26.9. The molecule has 0 atom stereocenters. The summed E-state index contributed by atoms with van der Waals surface area (Å²) in [6.07, 6.45) is 1.66. The smallest absolute Gasteiger partial charge is 0.323 e. The number of imidazole rings is 1. The maximum absolute atomic E-state index is 12.2. The largest absolute Gasteiger partial charge is 0.396 e. The number of hydrogen-bond acceptors (Lipinski definition) is 4. The van der Waals surface area contributed by atoms with E-state index in [2.05, 4.69) is 14.7 Å². The predicted molar refractivity (Wildman–Crippen MR) is 72.9 cm³/mol. The second-order valence-electron chi connectivity index (χ2n) is 5.27. The van der Waals surface area contributed by atoms with Crippen LogP contribution in [0, 0.1) is 5.41 Å². The molecule has 0 saturated heterocycles. The highest BCUT2D eigenvalue weighted by molar-refractivity contribution is 7.89. The van der Waals surface area contributed by atoms with Gasteiger partial charge in [0.05, 0.1) is 15.9 Å². The van der Waals surface area contributed by atoms with Crippen molar-refractivity contribution >= 4 is 21.1 Å². The van der Waals surface area contributed by atoms with Gasteiger partial charge in [0.15, 0.2) is 0 Å². The molecular weight excluding hydrogens is 282 g/mol. The Labute approximate surface area is 115 Å². The van der Waals surface area contributed by atoms with Crippen LogP contribution in [-0.2, 0) is 10.0 Å². The molecule has 0 radical (unpaired) electrons. The number of benzene rings is 1. The summed E-state index contributed by atoms with van der Waals surface area (Å²) in [5.74, 6) is 0. The Kier molecular flexibility index (Phi) is 2.96. The van der Waals surface area contributed by atoms with Crippen LogP contribution in [-0.4, -0.2) is 36.6 Å². The van der Waals surface area contributed by atoms with E-state index in [0.717, 1.165) is 12.8 Å². The molecule has 4 N–H and O–H groups in total. The van der Waals surface area contributed by atoms with Gasteiger partial charge in [0.2, 0.25) is 10.0 Å². The van der Waals surface area contributed by atoms with Gasteiger partial charge in [-0.05, 0) is 31.0 Å². The Morgan fingerprint density at radius 1 is 1.25 bits per heavy atom. The number of nitrogens with one attached hydrogen (secondary N) is 3. The second-order valence-corrected chi connectivity index (χ2v) is 7.04. The minimum atomic E-state index is -3.64. The molecule has 1 aromatic heterocycles. The molecule has 1 saturated carbocycles. The van der Waals surface area contributed by atoms with Crippen molar-refractivity contribution < 1.29 is 13.5 Å². The van der Waals surface area contributed by atoms with Crippen molar-refractivity contribution in [3.8, 4) is 0 Å². The fraction of sp³-hybridized carbons (Fsp3) is 0.417. The first-order valence-corrected chi connectivity index (χ1v) is 7.75. The van der Waals surface area contributed by atoms with Gasteiger partial charge in [-0.25, -0.2) is 17.9 Å². The molecule has 1 heterocycles. The molecule has 2 aromatic rings. The van der Waals surface area contributed by atoms with Crippen LogP contribution in [0.25, 0.3) is 11.0 Å². The molecule has 20 heavy (non-hydrogen) atoms. The van der Waals surface area contributed by atoms with Gasteiger partial charge in [-0.3, -0.25) is 0 Å². The third-order valence-electron chi connectivity index (χ3n) is 3.73. The van der Waals surface area contributed by atoms with E-state index in [1.165, 1.54) is 12.1 Å². The molecular formula is C12H15N3O4S. The molecule has 1 aromatic carbocycles. The van der Waals surface area contributed by atoms with Crippen molar-refractivity contribution in [2.45, 2.75) is 17.7 Å². The zero-order valence-corrected chi connectivity index (χ0v) is 11.5. The molecule has 8 heteroatoms. The van der Waals surface area contributed by atoms with E-state index in [0.29, 0.717) is 11.0 Å². The Morgan fingerprint density at radius 2 is 1.95 bits per heavy atom. The molecule has 0 aliphatic heterocycles. The van der Waals surface area contributed by atoms with Crippen molar-refractivity contribution in [2.75, 3.05) is 13.2 Å². The molecule has 0 bridgehead atoms. The summed E-state index contributed by atoms with van der Waals surface area (Å²) in [5, 5.41) is 9.19. The van der Waals surface area contributed by atoms with Crippen molar-refractivity contribution in [1.82, 2.24) is 14.7 Å². The molecule has 0 spiro atoms. The molecule has 1 aliphatic carbocycles. The van der Waals surface area contributed by atoms with Gasteiger partial charge in [0.25, 0.3) is 0 Å². The first kappa shape index (κ1) is 13.3. The topological polar surface area (TPSA) is 115 Å². The van der Waals surface area contributed by atoms with Gasteiger partial charge >= 0.3 is 5.69 Å². The number of rotatable bonds is 5. The summed E-state index contributed by atoms with van der Waals surface area (Å²) in [6, 6.07) is 4.39. The number of fused-ring (bicyclic) bond motifs is 1. The third-order valence-corrected chi connectivity index (χ3v) is 5.13. The van der Waals surface area contributed by atoms with E-state index in [1.54, 1.807) is 6.07 Å². The average molecular weight is 297 g/mol. The van der Waals surface area contributed by atoms with E-state index >= 15 is 0 Å². The second kappa shape index (κ2) is 4.44. The van der Waals surface area contributed by atoms with E-state index in [9.17, 15) is 18.3 Å². The highest BCUT2D eigenvalue weighted by Crippen LogP contribution is 2.44. The molecule has 0 amide bonds. The minimum Gasteiger partial charge on any atom is -0.396 e. The fourth-order valence-electron chi connectivity index (χ4n) is 2.08. The zero-order chi connectivity index (χ0) is 14.4. The predicted octanol–water partition coefficient (Wildman–Crippen LogP) is -0.0930. The van der Waals surface area contributed by atoms with Crippen LogP contribution >= 0.6 is 0 Å². The highest BCUT2D eigenvalue weighted by Gasteiger charge is 2.42. The summed E-state index contributed by atoms with van der Waals surface area (Å²) in [5.41, 5.74) is 0.336. The number of sulfonamides is 1. The molecule has 0 unspecified atom stereocenters. The first-order valence-electron chi connectivity index (χ1n) is 6.27. The average Bonchev–Trinajstić information content (AvgIpc) is 3.10. The summed E-state index contributed by atoms with van der Waals surface area (Å²) in [4.78, 5) is 16.3. The number of aliphatic hydroxyl groups is 1. The number of aromatic amines is 2. The molecule has 1 fully saturated rings. The SMILES string of the molecule is O=c1[nH]c2ccc(S(=O)(=O)NCC3(CO)CC3)cc2[nH]1. The Morgan fingerprint density at radius 3 is 2.60 bits per heavy atom. The van der Waals surface area contributed by atoms with E-state index in [1.807, 2.05) is 0 Å². The third kappa shape index (κ3) is 2.37. The molecule has 108 valence electrons. The lowest BCUT2D eigenvalue weighted by Gasteiger charge is -2.13. The van der Waals surface area contributed by atoms with Crippen LogP contribution in [0.2, 0.25) is 0 Å². The Balaban J connectivity index is 1.86. The first-order chi connectivity index (χ1) is 9.44. The van der Waals surface area contributed by atoms with Crippen molar-refractivity contribution in [2.24, 2.45) is 5.41 Å². The minimum absolute atomic E-state index is 0.0142. The summed E-state index contributed by atoms with van der Waals surface area (Å²) in [6.45, 7) is 0.215. The summed E-state index contributed by atoms with van der Waals surface area (Å²) >= 11 is 0.